The quantitative estimate of drug-likeness (QED) is 0.151. The van der Waals surface area contributed by atoms with Crippen LogP contribution in [0, 0.1) is 0 Å². The van der Waals surface area contributed by atoms with Crippen molar-refractivity contribution in [2.45, 2.75) is 0 Å². The normalized spacial score (nSPS) is 11.4. The highest BCUT2D eigenvalue weighted by Gasteiger charge is 2.22. The lowest BCUT2D eigenvalue weighted by Gasteiger charge is -2.15. The van der Waals surface area contributed by atoms with Gasteiger partial charge in [0.15, 0.2) is 0 Å². The minimum Gasteiger partial charge on any atom is -0.255 e. The van der Waals surface area contributed by atoms with Crippen LogP contribution in [0.3, 0.4) is 0 Å². The van der Waals surface area contributed by atoms with Gasteiger partial charge in [0, 0.05) is 45.2 Å². The first-order chi connectivity index (χ1) is 29.2. The zero-order valence-corrected chi connectivity index (χ0v) is 31.7. The predicted molar refractivity (Wildman–Crippen MR) is 238 cm³/mol. The third kappa shape index (κ3) is 6.18. The van der Waals surface area contributed by atoms with E-state index in [-0.39, 0.29) is 0 Å². The maximum atomic E-state index is 5.55. The summed E-state index contributed by atoms with van der Waals surface area (Å²) in [5, 5.41) is 13.5. The Balaban J connectivity index is 1.12. The number of aromatic nitrogens is 7. The standard InChI is InChI=1S/C52H33N7/c1-4-15-35(16-5-1)42-33-43-48(52-51(42)57-59(58-52)39-19-8-3-9-20-39)41-22-14-21-40(50(41)56-49(43)37-17-6-2-7-18-37)36-27-25-34(26-28-36)38-31-46(44-23-10-12-29-53-44)55-47(32-38)45-24-11-13-30-54-45/h1-33H. The van der Waals surface area contributed by atoms with E-state index in [2.05, 4.69) is 119 Å². The molecule has 59 heavy (non-hydrogen) atoms. The van der Waals surface area contributed by atoms with Crippen molar-refractivity contribution in [1.29, 1.82) is 0 Å². The van der Waals surface area contributed by atoms with Crippen molar-refractivity contribution in [2.75, 3.05) is 0 Å². The molecule has 5 heterocycles. The zero-order chi connectivity index (χ0) is 39.1. The highest BCUT2D eigenvalue weighted by molar-refractivity contribution is 6.24. The number of para-hydroxylation sites is 2. The van der Waals surface area contributed by atoms with E-state index < -0.39 is 0 Å². The lowest BCUT2D eigenvalue weighted by molar-refractivity contribution is 0.766. The zero-order valence-electron chi connectivity index (χ0n) is 31.7. The first-order valence-corrected chi connectivity index (χ1v) is 19.5. The number of benzene rings is 6. The Hall–Kier alpha value is -8.16. The average molecular weight is 756 g/mol. The molecule has 0 N–H and O–H groups in total. The van der Waals surface area contributed by atoms with Crippen molar-refractivity contribution in [3.05, 3.63) is 200 Å². The molecule has 0 saturated heterocycles. The monoisotopic (exact) mass is 755 g/mol. The van der Waals surface area contributed by atoms with E-state index in [9.17, 15) is 0 Å². The Morgan fingerprint density at radius 3 is 1.56 bits per heavy atom. The van der Waals surface area contributed by atoms with Gasteiger partial charge in [0.2, 0.25) is 0 Å². The molecule has 0 atom stereocenters. The van der Waals surface area contributed by atoms with E-state index in [0.29, 0.717) is 0 Å². The van der Waals surface area contributed by atoms with E-state index in [1.165, 1.54) is 0 Å². The van der Waals surface area contributed by atoms with Crippen molar-refractivity contribution in [1.82, 2.24) is 34.9 Å². The summed E-state index contributed by atoms with van der Waals surface area (Å²) >= 11 is 0. The number of rotatable bonds is 7. The molecule has 0 amide bonds. The molecule has 7 heteroatoms. The van der Waals surface area contributed by atoms with Gasteiger partial charge >= 0.3 is 0 Å². The van der Waals surface area contributed by atoms with Crippen LogP contribution < -0.4 is 0 Å². The second-order valence-corrected chi connectivity index (χ2v) is 14.4. The van der Waals surface area contributed by atoms with Gasteiger partial charge in [0.25, 0.3) is 0 Å². The summed E-state index contributed by atoms with van der Waals surface area (Å²) in [6, 6.07) is 64.3. The maximum Gasteiger partial charge on any atom is 0.122 e. The molecule has 0 saturated carbocycles. The summed E-state index contributed by atoms with van der Waals surface area (Å²) in [4.78, 5) is 21.5. The van der Waals surface area contributed by atoms with Gasteiger partial charge in [-0.15, -0.1) is 10.2 Å². The molecule has 0 bridgehead atoms. The highest BCUT2D eigenvalue weighted by Crippen LogP contribution is 2.43. The Morgan fingerprint density at radius 1 is 0.339 bits per heavy atom. The fraction of sp³-hybridized carbons (Fsp3) is 0. The Kier molecular flexibility index (Phi) is 8.33. The third-order valence-electron chi connectivity index (χ3n) is 10.8. The van der Waals surface area contributed by atoms with Crippen LogP contribution >= 0.6 is 0 Å². The summed E-state index contributed by atoms with van der Waals surface area (Å²) in [5.74, 6) is 0. The highest BCUT2D eigenvalue weighted by atomic mass is 15.5. The first-order valence-electron chi connectivity index (χ1n) is 19.5. The van der Waals surface area contributed by atoms with Gasteiger partial charge in [-0.1, -0.05) is 133 Å². The fourth-order valence-electron chi connectivity index (χ4n) is 7.96. The van der Waals surface area contributed by atoms with Gasteiger partial charge in [-0.3, -0.25) is 9.97 Å². The van der Waals surface area contributed by atoms with Gasteiger partial charge in [-0.05, 0) is 76.9 Å². The van der Waals surface area contributed by atoms with Crippen LogP contribution in [0.1, 0.15) is 0 Å². The molecule has 0 fully saturated rings. The van der Waals surface area contributed by atoms with Gasteiger partial charge in [-0.25, -0.2) is 9.97 Å². The fourth-order valence-corrected chi connectivity index (χ4v) is 7.96. The van der Waals surface area contributed by atoms with Crippen molar-refractivity contribution < 1.29 is 0 Å². The minimum absolute atomic E-state index is 0.789. The Bertz CT molecular complexity index is 3220. The van der Waals surface area contributed by atoms with Crippen LogP contribution in [0.2, 0.25) is 0 Å². The van der Waals surface area contributed by atoms with Crippen molar-refractivity contribution >= 4 is 32.7 Å². The van der Waals surface area contributed by atoms with E-state index in [4.69, 9.17) is 20.2 Å². The predicted octanol–water partition coefficient (Wildman–Crippen LogP) is 12.3. The first kappa shape index (κ1) is 34.1. The number of hydrogen-bond donors (Lipinski definition) is 0. The molecule has 0 aliphatic rings. The number of pyridine rings is 4. The second-order valence-electron chi connectivity index (χ2n) is 14.4. The lowest BCUT2D eigenvalue weighted by Crippen LogP contribution is -1.97. The smallest absolute Gasteiger partial charge is 0.122 e. The van der Waals surface area contributed by atoms with Crippen molar-refractivity contribution in [3.8, 4) is 73.1 Å². The second kappa shape index (κ2) is 14.4. The molecule has 0 radical (unpaired) electrons. The summed E-state index contributed by atoms with van der Waals surface area (Å²) in [6.07, 6.45) is 3.59. The van der Waals surface area contributed by atoms with Crippen molar-refractivity contribution in [3.63, 3.8) is 0 Å². The van der Waals surface area contributed by atoms with Gasteiger partial charge < -0.3 is 0 Å². The Morgan fingerprint density at radius 2 is 0.915 bits per heavy atom. The molecule has 5 aromatic heterocycles. The molecule has 7 nitrogen and oxygen atoms in total. The van der Waals surface area contributed by atoms with Crippen LogP contribution in [-0.4, -0.2) is 34.9 Å². The van der Waals surface area contributed by atoms with Crippen LogP contribution in [-0.2, 0) is 0 Å². The molecule has 6 aromatic carbocycles. The van der Waals surface area contributed by atoms with E-state index in [0.717, 1.165) is 106 Å². The van der Waals surface area contributed by atoms with Crippen LogP contribution in [0.5, 0.6) is 0 Å². The summed E-state index contributed by atoms with van der Waals surface area (Å²) in [6.45, 7) is 0. The van der Waals surface area contributed by atoms with E-state index >= 15 is 0 Å². The number of hydrogen-bond acceptors (Lipinski definition) is 6. The van der Waals surface area contributed by atoms with E-state index in [1.54, 1.807) is 17.2 Å². The van der Waals surface area contributed by atoms with E-state index in [1.807, 2.05) is 78.9 Å². The lowest BCUT2D eigenvalue weighted by atomic mass is 9.92. The number of fused-ring (bicyclic) bond motifs is 5. The molecule has 0 spiro atoms. The molecule has 0 unspecified atom stereocenters. The molecular weight excluding hydrogens is 723 g/mol. The van der Waals surface area contributed by atoms with Gasteiger partial charge in [0.1, 0.15) is 11.0 Å². The SMILES string of the molecule is c1ccc(-c2nc3c(-c4ccc(-c5cc(-c6ccccn6)nc(-c6ccccn6)c5)cc4)cccc3c3c2cc(-c2ccccc2)c2nn(-c4ccccc4)nc23)cc1. The van der Waals surface area contributed by atoms with Crippen molar-refractivity contribution in [2.24, 2.45) is 0 Å². The molecule has 276 valence electrons. The molecule has 11 rings (SSSR count). The minimum atomic E-state index is 0.789. The maximum absolute atomic E-state index is 5.55. The topological polar surface area (TPSA) is 82.3 Å². The summed E-state index contributed by atoms with van der Waals surface area (Å²) < 4.78 is 0. The average Bonchev–Trinajstić information content (AvgIpc) is 3.78. The molecule has 0 aliphatic heterocycles. The van der Waals surface area contributed by atoms with Gasteiger partial charge in [-0.2, -0.15) is 4.80 Å². The Labute approximate surface area is 340 Å². The summed E-state index contributed by atoms with van der Waals surface area (Å²) in [5.41, 5.74) is 14.8. The molecule has 11 aromatic rings. The van der Waals surface area contributed by atoms with Crippen LogP contribution in [0.25, 0.3) is 106 Å². The molecular formula is C52H33N7. The largest absolute Gasteiger partial charge is 0.255 e. The van der Waals surface area contributed by atoms with Crippen LogP contribution in [0.15, 0.2) is 200 Å². The summed E-state index contributed by atoms with van der Waals surface area (Å²) in [7, 11) is 0. The third-order valence-corrected chi connectivity index (χ3v) is 10.8. The number of nitrogens with zero attached hydrogens (tertiary/aromatic N) is 7. The van der Waals surface area contributed by atoms with Gasteiger partial charge in [0.05, 0.1) is 39.7 Å². The molecule has 0 aliphatic carbocycles. The van der Waals surface area contributed by atoms with Crippen LogP contribution in [0.4, 0.5) is 0 Å².